The summed E-state index contributed by atoms with van der Waals surface area (Å²) in [7, 11) is 1.88. The lowest BCUT2D eigenvalue weighted by atomic mass is 10.1. The molecule has 0 spiro atoms. The van der Waals surface area contributed by atoms with E-state index in [1.165, 1.54) is 11.1 Å². The van der Waals surface area contributed by atoms with Crippen LogP contribution in [-0.4, -0.2) is 22.9 Å². The number of hydrogen-bond donors (Lipinski definition) is 1. The Balaban J connectivity index is 1.81. The van der Waals surface area contributed by atoms with Crippen molar-refractivity contribution in [3.05, 3.63) is 47.8 Å². The molecule has 102 valence electrons. The summed E-state index contributed by atoms with van der Waals surface area (Å²) in [6.45, 7) is 4.76. The highest BCUT2D eigenvalue weighted by atomic mass is 16.5. The Morgan fingerprint density at radius 2 is 1.95 bits per heavy atom. The van der Waals surface area contributed by atoms with Gasteiger partial charge in [-0.05, 0) is 30.6 Å². The van der Waals surface area contributed by atoms with Gasteiger partial charge in [-0.25, -0.2) is 0 Å². The largest absolute Gasteiger partial charge is 0.486 e. The van der Waals surface area contributed by atoms with E-state index in [1.807, 2.05) is 13.2 Å². The molecule has 0 bridgehead atoms. The van der Waals surface area contributed by atoms with Gasteiger partial charge in [0.2, 0.25) is 0 Å². The number of likely N-dealkylation sites (N-methyl/N-ethyl adjacent to an activating group) is 1. The predicted molar refractivity (Wildman–Crippen MR) is 76.2 cm³/mol. The molecule has 0 atom stereocenters. The molecule has 0 aliphatic carbocycles. The van der Waals surface area contributed by atoms with Gasteiger partial charge in [-0.15, -0.1) is 0 Å². The van der Waals surface area contributed by atoms with E-state index in [-0.39, 0.29) is 0 Å². The monoisotopic (exact) mass is 259 g/mol. The van der Waals surface area contributed by atoms with E-state index in [0.717, 1.165) is 25.3 Å². The van der Waals surface area contributed by atoms with E-state index in [1.54, 1.807) is 10.9 Å². The first-order chi connectivity index (χ1) is 9.28. The molecule has 0 amide bonds. The maximum absolute atomic E-state index is 5.66. The summed E-state index contributed by atoms with van der Waals surface area (Å²) in [6, 6.07) is 8.58. The molecule has 4 heteroatoms. The van der Waals surface area contributed by atoms with Gasteiger partial charge in [0.1, 0.15) is 6.61 Å². The normalized spacial score (nSPS) is 10.6. The fourth-order valence-corrected chi connectivity index (χ4v) is 1.85. The zero-order chi connectivity index (χ0) is 13.5. The second-order valence-electron chi connectivity index (χ2n) is 4.56. The van der Waals surface area contributed by atoms with Crippen molar-refractivity contribution in [1.82, 2.24) is 15.1 Å². The molecule has 2 rings (SSSR count). The van der Waals surface area contributed by atoms with Crippen LogP contribution in [0.2, 0.25) is 0 Å². The fourth-order valence-electron chi connectivity index (χ4n) is 1.85. The molecular weight excluding hydrogens is 238 g/mol. The van der Waals surface area contributed by atoms with Crippen molar-refractivity contribution in [1.29, 1.82) is 0 Å². The Hall–Kier alpha value is -1.81. The molecule has 0 saturated heterocycles. The second-order valence-corrected chi connectivity index (χ2v) is 4.56. The van der Waals surface area contributed by atoms with Gasteiger partial charge in [-0.2, -0.15) is 5.10 Å². The van der Waals surface area contributed by atoms with E-state index in [4.69, 9.17) is 4.74 Å². The van der Waals surface area contributed by atoms with Gasteiger partial charge in [0.05, 0.1) is 12.4 Å². The van der Waals surface area contributed by atoms with Crippen LogP contribution >= 0.6 is 0 Å². The summed E-state index contributed by atoms with van der Waals surface area (Å²) in [5.41, 5.74) is 2.53. The van der Waals surface area contributed by atoms with Gasteiger partial charge in [-0.1, -0.05) is 31.2 Å². The molecule has 0 unspecified atom stereocenters. The Morgan fingerprint density at radius 1 is 1.21 bits per heavy atom. The second kappa shape index (κ2) is 6.95. The van der Waals surface area contributed by atoms with Crippen molar-refractivity contribution in [2.45, 2.75) is 20.0 Å². The van der Waals surface area contributed by atoms with Crippen molar-refractivity contribution in [2.75, 3.05) is 13.1 Å². The molecule has 0 aliphatic heterocycles. The van der Waals surface area contributed by atoms with E-state index in [0.29, 0.717) is 6.61 Å². The Labute approximate surface area is 114 Å². The number of benzene rings is 1. The third-order valence-corrected chi connectivity index (χ3v) is 2.95. The number of hydrogen-bond acceptors (Lipinski definition) is 3. The van der Waals surface area contributed by atoms with E-state index >= 15 is 0 Å². The Kier molecular flexibility index (Phi) is 4.98. The SMILES string of the molecule is CCNCCc1ccc(COc2cnn(C)c2)cc1. The summed E-state index contributed by atoms with van der Waals surface area (Å²) in [5.74, 6) is 0.804. The molecule has 1 N–H and O–H groups in total. The highest BCUT2D eigenvalue weighted by Gasteiger charge is 1.99. The number of aromatic nitrogens is 2. The van der Waals surface area contributed by atoms with Crippen LogP contribution in [0.5, 0.6) is 5.75 Å². The molecule has 1 aromatic carbocycles. The maximum Gasteiger partial charge on any atom is 0.157 e. The average Bonchev–Trinajstić information content (AvgIpc) is 2.84. The van der Waals surface area contributed by atoms with Crippen molar-refractivity contribution in [3.63, 3.8) is 0 Å². The molecule has 0 fully saturated rings. The fraction of sp³-hybridized carbons (Fsp3) is 0.400. The molecule has 0 radical (unpaired) electrons. The molecular formula is C15H21N3O. The van der Waals surface area contributed by atoms with Gasteiger partial charge in [-0.3, -0.25) is 4.68 Å². The summed E-state index contributed by atoms with van der Waals surface area (Å²) in [4.78, 5) is 0. The molecule has 19 heavy (non-hydrogen) atoms. The lowest BCUT2D eigenvalue weighted by molar-refractivity contribution is 0.306. The van der Waals surface area contributed by atoms with Crippen LogP contribution in [-0.2, 0) is 20.1 Å². The van der Waals surface area contributed by atoms with Gasteiger partial charge < -0.3 is 10.1 Å². The zero-order valence-corrected chi connectivity index (χ0v) is 11.6. The van der Waals surface area contributed by atoms with Crippen molar-refractivity contribution < 1.29 is 4.74 Å². The number of aryl methyl sites for hydroxylation is 1. The molecule has 1 heterocycles. The average molecular weight is 259 g/mol. The molecule has 1 aromatic heterocycles. The topological polar surface area (TPSA) is 39.1 Å². The number of ether oxygens (including phenoxy) is 1. The maximum atomic E-state index is 5.66. The zero-order valence-electron chi connectivity index (χ0n) is 11.6. The molecule has 0 aliphatic rings. The summed E-state index contributed by atoms with van der Waals surface area (Å²) < 4.78 is 7.39. The van der Waals surface area contributed by atoms with E-state index in [9.17, 15) is 0 Å². The lowest BCUT2D eigenvalue weighted by Crippen LogP contribution is -2.15. The number of rotatable bonds is 7. The minimum Gasteiger partial charge on any atom is -0.486 e. The van der Waals surface area contributed by atoms with Crippen molar-refractivity contribution >= 4 is 0 Å². The summed E-state index contributed by atoms with van der Waals surface area (Å²) in [6.07, 6.45) is 4.66. The quantitative estimate of drug-likeness (QED) is 0.774. The molecule has 2 aromatic rings. The Bertz CT molecular complexity index is 490. The smallest absolute Gasteiger partial charge is 0.157 e. The first-order valence-electron chi connectivity index (χ1n) is 6.68. The molecule has 0 saturated carbocycles. The first-order valence-corrected chi connectivity index (χ1v) is 6.68. The number of nitrogens with zero attached hydrogens (tertiary/aromatic N) is 2. The van der Waals surface area contributed by atoms with Gasteiger partial charge in [0, 0.05) is 7.05 Å². The van der Waals surface area contributed by atoms with Crippen LogP contribution < -0.4 is 10.1 Å². The standard InChI is InChI=1S/C15H21N3O/c1-3-16-9-8-13-4-6-14(7-5-13)12-19-15-10-17-18(2)11-15/h4-7,10-11,16H,3,8-9,12H2,1-2H3. The highest BCUT2D eigenvalue weighted by molar-refractivity contribution is 5.23. The van der Waals surface area contributed by atoms with Crippen LogP contribution in [0.15, 0.2) is 36.7 Å². The van der Waals surface area contributed by atoms with E-state index in [2.05, 4.69) is 41.6 Å². The Morgan fingerprint density at radius 3 is 2.58 bits per heavy atom. The summed E-state index contributed by atoms with van der Waals surface area (Å²) >= 11 is 0. The minimum absolute atomic E-state index is 0.583. The van der Waals surface area contributed by atoms with Crippen LogP contribution in [0, 0.1) is 0 Å². The third kappa shape index (κ3) is 4.41. The van der Waals surface area contributed by atoms with Crippen molar-refractivity contribution in [2.24, 2.45) is 7.05 Å². The minimum atomic E-state index is 0.583. The lowest BCUT2D eigenvalue weighted by Gasteiger charge is -2.06. The van der Waals surface area contributed by atoms with Crippen LogP contribution in [0.3, 0.4) is 0 Å². The number of nitrogens with one attached hydrogen (secondary N) is 1. The van der Waals surface area contributed by atoms with Gasteiger partial charge in [0.25, 0.3) is 0 Å². The van der Waals surface area contributed by atoms with E-state index < -0.39 is 0 Å². The van der Waals surface area contributed by atoms with Crippen LogP contribution in [0.25, 0.3) is 0 Å². The summed E-state index contributed by atoms with van der Waals surface area (Å²) in [5, 5.41) is 7.40. The first kappa shape index (κ1) is 13.6. The third-order valence-electron chi connectivity index (χ3n) is 2.95. The van der Waals surface area contributed by atoms with Gasteiger partial charge >= 0.3 is 0 Å². The predicted octanol–water partition coefficient (Wildman–Crippen LogP) is 2.15. The highest BCUT2D eigenvalue weighted by Crippen LogP contribution is 2.11. The molecule has 4 nitrogen and oxygen atoms in total. The van der Waals surface area contributed by atoms with Gasteiger partial charge in [0.15, 0.2) is 5.75 Å². The van der Waals surface area contributed by atoms with Crippen LogP contribution in [0.1, 0.15) is 18.1 Å². The van der Waals surface area contributed by atoms with Crippen LogP contribution in [0.4, 0.5) is 0 Å². The van der Waals surface area contributed by atoms with Crippen molar-refractivity contribution in [3.8, 4) is 5.75 Å².